The molecule has 1 aliphatic heterocycles. The van der Waals surface area contributed by atoms with Crippen LogP contribution in [0.4, 0.5) is 0 Å². The highest BCUT2D eigenvalue weighted by Gasteiger charge is 2.60. The highest BCUT2D eigenvalue weighted by Crippen LogP contribution is 2.51. The lowest BCUT2D eigenvalue weighted by Gasteiger charge is -2.42. The monoisotopic (exact) mass is 350 g/mol. The van der Waals surface area contributed by atoms with Crippen LogP contribution in [0.5, 0.6) is 0 Å². The molecule has 0 bridgehead atoms. The first kappa shape index (κ1) is 17.2. The maximum atomic E-state index is 12.6. The van der Waals surface area contributed by atoms with Gasteiger partial charge in [-0.3, -0.25) is 4.18 Å². The minimum Gasteiger partial charge on any atom is -0.453 e. The molecule has 0 unspecified atom stereocenters. The maximum Gasteiger partial charge on any atom is 0.338 e. The first-order valence-electron chi connectivity index (χ1n) is 7.96. The van der Waals surface area contributed by atoms with Crippen LogP contribution in [0.15, 0.2) is 41.3 Å². The van der Waals surface area contributed by atoms with Gasteiger partial charge in [0.25, 0.3) is 10.1 Å². The van der Waals surface area contributed by atoms with E-state index in [1.165, 1.54) is 12.1 Å². The predicted molar refractivity (Wildman–Crippen MR) is 88.8 cm³/mol. The molecule has 24 heavy (non-hydrogen) atoms. The molecule has 2 aliphatic rings. The summed E-state index contributed by atoms with van der Waals surface area (Å²) in [5, 5.41) is 0. The molecule has 5 nitrogen and oxygen atoms in total. The van der Waals surface area contributed by atoms with Gasteiger partial charge in [-0.15, -0.1) is 0 Å². The zero-order chi connectivity index (χ0) is 17.8. The number of aryl methyl sites for hydroxylation is 1. The van der Waals surface area contributed by atoms with E-state index < -0.39 is 27.8 Å². The molecular weight excluding hydrogens is 328 g/mol. The molecule has 0 radical (unpaired) electrons. The van der Waals surface area contributed by atoms with E-state index in [1.54, 1.807) is 19.1 Å². The molecule has 1 heterocycles. The van der Waals surface area contributed by atoms with Crippen LogP contribution in [-0.4, -0.2) is 26.1 Å². The van der Waals surface area contributed by atoms with Crippen LogP contribution >= 0.6 is 0 Å². The van der Waals surface area contributed by atoms with Gasteiger partial charge in [0.15, 0.2) is 6.10 Å². The fourth-order valence-electron chi connectivity index (χ4n) is 3.81. The lowest BCUT2D eigenvalue weighted by atomic mass is 9.64. The van der Waals surface area contributed by atoms with Crippen molar-refractivity contribution < 1.29 is 22.1 Å². The molecule has 0 aromatic heterocycles. The first-order chi connectivity index (χ1) is 11.1. The Morgan fingerprint density at radius 2 is 1.79 bits per heavy atom. The Labute approximate surface area is 142 Å². The van der Waals surface area contributed by atoms with Crippen molar-refractivity contribution in [1.29, 1.82) is 0 Å². The van der Waals surface area contributed by atoms with E-state index in [1.807, 2.05) is 32.9 Å². The fraction of sp³-hybridized carbons (Fsp3) is 0.500. The normalized spacial score (nSPS) is 31.6. The highest BCUT2D eigenvalue weighted by molar-refractivity contribution is 7.86. The van der Waals surface area contributed by atoms with Crippen LogP contribution in [-0.2, 0) is 23.8 Å². The van der Waals surface area contributed by atoms with Gasteiger partial charge in [-0.25, -0.2) is 4.79 Å². The molecule has 0 saturated carbocycles. The number of esters is 1. The molecule has 1 aliphatic carbocycles. The van der Waals surface area contributed by atoms with Crippen molar-refractivity contribution in [3.63, 3.8) is 0 Å². The molecule has 3 rings (SSSR count). The van der Waals surface area contributed by atoms with E-state index in [0.29, 0.717) is 0 Å². The third-order valence-electron chi connectivity index (χ3n) is 4.95. The molecule has 1 aromatic rings. The lowest BCUT2D eigenvalue weighted by molar-refractivity contribution is -0.148. The smallest absolute Gasteiger partial charge is 0.338 e. The summed E-state index contributed by atoms with van der Waals surface area (Å²) in [6.07, 6.45) is 3.40. The van der Waals surface area contributed by atoms with Crippen molar-refractivity contribution in [1.82, 2.24) is 0 Å². The summed E-state index contributed by atoms with van der Waals surface area (Å²) >= 11 is 0. The molecule has 0 amide bonds. The average molecular weight is 350 g/mol. The zero-order valence-electron chi connectivity index (χ0n) is 14.3. The number of rotatable bonds is 3. The van der Waals surface area contributed by atoms with E-state index >= 15 is 0 Å². The van der Waals surface area contributed by atoms with Gasteiger partial charge in [0, 0.05) is 5.92 Å². The van der Waals surface area contributed by atoms with Gasteiger partial charge < -0.3 is 4.74 Å². The van der Waals surface area contributed by atoms with Crippen molar-refractivity contribution in [3.05, 3.63) is 42.0 Å². The quantitative estimate of drug-likeness (QED) is 0.476. The molecule has 0 spiro atoms. The van der Waals surface area contributed by atoms with Crippen molar-refractivity contribution >= 4 is 16.1 Å². The summed E-state index contributed by atoms with van der Waals surface area (Å²) in [7, 11) is -4.05. The second kappa shape index (κ2) is 5.43. The number of ether oxygens (including phenoxy) is 1. The summed E-state index contributed by atoms with van der Waals surface area (Å²) in [6, 6.07) is 6.35. The summed E-state index contributed by atoms with van der Waals surface area (Å²) in [6.45, 7) is 7.66. The molecule has 0 N–H and O–H groups in total. The number of hydrogen-bond acceptors (Lipinski definition) is 5. The standard InChI is InChI=1S/C18H22O5S/c1-12-6-8-13(9-7-12)24(20,21)23-14-15-17(2,3)10-5-11-18(15,4)22-16(14)19/h5-9,11,14-15H,10H2,1-4H3/t14-,15-,18+/m0/s1. The van der Waals surface area contributed by atoms with Gasteiger partial charge >= 0.3 is 5.97 Å². The third kappa shape index (κ3) is 2.78. The lowest BCUT2D eigenvalue weighted by Crippen LogP contribution is -2.47. The Morgan fingerprint density at radius 3 is 2.42 bits per heavy atom. The van der Waals surface area contributed by atoms with Gasteiger partial charge in [-0.05, 0) is 43.9 Å². The van der Waals surface area contributed by atoms with E-state index in [9.17, 15) is 13.2 Å². The van der Waals surface area contributed by atoms with Gasteiger partial charge in [0.1, 0.15) is 5.60 Å². The minimum absolute atomic E-state index is 0.0404. The Hall–Kier alpha value is -1.66. The summed E-state index contributed by atoms with van der Waals surface area (Å²) < 4.78 is 36.0. The van der Waals surface area contributed by atoms with Crippen molar-refractivity contribution in [3.8, 4) is 0 Å². The Kier molecular flexibility index (Phi) is 3.88. The molecule has 1 saturated heterocycles. The topological polar surface area (TPSA) is 69.7 Å². The number of carbonyl (C=O) groups excluding carboxylic acids is 1. The summed E-state index contributed by atoms with van der Waals surface area (Å²) in [5.41, 5.74) is -0.213. The second-order valence-electron chi connectivity index (χ2n) is 7.46. The van der Waals surface area contributed by atoms with E-state index in [-0.39, 0.29) is 16.2 Å². The Morgan fingerprint density at radius 1 is 1.17 bits per heavy atom. The molecule has 130 valence electrons. The van der Waals surface area contributed by atoms with Crippen LogP contribution in [0.3, 0.4) is 0 Å². The number of fused-ring (bicyclic) bond motifs is 1. The predicted octanol–water partition coefficient (Wildman–Crippen LogP) is 2.99. The third-order valence-corrected chi connectivity index (χ3v) is 6.26. The van der Waals surface area contributed by atoms with Crippen molar-refractivity contribution in [2.45, 2.75) is 50.7 Å². The van der Waals surface area contributed by atoms with Crippen LogP contribution in [0.25, 0.3) is 0 Å². The Bertz CT molecular complexity index is 791. The van der Waals surface area contributed by atoms with Gasteiger partial charge in [0.2, 0.25) is 0 Å². The summed E-state index contributed by atoms with van der Waals surface area (Å²) in [5.74, 6) is -1.000. The first-order valence-corrected chi connectivity index (χ1v) is 9.36. The molecule has 1 aromatic carbocycles. The molecule has 6 heteroatoms. The highest BCUT2D eigenvalue weighted by atomic mass is 32.2. The SMILES string of the molecule is Cc1ccc(S(=O)(=O)O[C@@H]2C(=O)O[C@]3(C)C=CCC(C)(C)[C@H]23)cc1. The number of allylic oxidation sites excluding steroid dienone is 1. The second-order valence-corrected chi connectivity index (χ2v) is 9.03. The van der Waals surface area contributed by atoms with Crippen LogP contribution in [0.1, 0.15) is 32.8 Å². The van der Waals surface area contributed by atoms with Crippen molar-refractivity contribution in [2.24, 2.45) is 11.3 Å². The van der Waals surface area contributed by atoms with Crippen LogP contribution < -0.4 is 0 Å². The van der Waals surface area contributed by atoms with Crippen LogP contribution in [0, 0.1) is 18.3 Å². The van der Waals surface area contributed by atoms with E-state index in [4.69, 9.17) is 8.92 Å². The maximum absolute atomic E-state index is 12.6. The largest absolute Gasteiger partial charge is 0.453 e. The molecule has 3 atom stereocenters. The number of benzene rings is 1. The van der Waals surface area contributed by atoms with Gasteiger partial charge in [0.05, 0.1) is 4.90 Å². The molecular formula is C18H22O5S. The van der Waals surface area contributed by atoms with Crippen molar-refractivity contribution in [2.75, 3.05) is 0 Å². The fourth-order valence-corrected chi connectivity index (χ4v) is 4.86. The van der Waals surface area contributed by atoms with E-state index in [0.717, 1.165) is 12.0 Å². The zero-order valence-corrected chi connectivity index (χ0v) is 15.1. The van der Waals surface area contributed by atoms with Gasteiger partial charge in [-0.2, -0.15) is 8.42 Å². The van der Waals surface area contributed by atoms with E-state index in [2.05, 4.69) is 0 Å². The molecule has 1 fully saturated rings. The number of hydrogen-bond donors (Lipinski definition) is 0. The van der Waals surface area contributed by atoms with Crippen LogP contribution in [0.2, 0.25) is 0 Å². The average Bonchev–Trinajstić information content (AvgIpc) is 2.70. The summed E-state index contributed by atoms with van der Waals surface area (Å²) in [4.78, 5) is 12.4. The number of carbonyl (C=O) groups is 1. The Balaban J connectivity index is 1.95. The minimum atomic E-state index is -4.05. The van der Waals surface area contributed by atoms with Gasteiger partial charge in [-0.1, -0.05) is 37.6 Å².